The fourth-order valence-electron chi connectivity index (χ4n) is 1.48. The van der Waals surface area contributed by atoms with Gasteiger partial charge in [-0.05, 0) is 13.5 Å². The fourth-order valence-corrected chi connectivity index (χ4v) is 1.48. The normalized spacial score (nSPS) is 25.5. The molecule has 0 saturated carbocycles. The van der Waals surface area contributed by atoms with E-state index in [0.717, 1.165) is 19.5 Å². The molecule has 3 N–H and O–H groups in total. The summed E-state index contributed by atoms with van der Waals surface area (Å²) in [4.78, 5) is 0. The minimum atomic E-state index is -0.483. The van der Waals surface area contributed by atoms with E-state index in [4.69, 9.17) is 0 Å². The summed E-state index contributed by atoms with van der Waals surface area (Å²) in [6.07, 6.45) is 0.981. The van der Waals surface area contributed by atoms with Crippen LogP contribution < -0.4 is 10.6 Å². The summed E-state index contributed by atoms with van der Waals surface area (Å²) in [5.74, 6) is 0. The molecule has 0 aromatic heterocycles. The first kappa shape index (κ1) is 7.98. The van der Waals surface area contributed by atoms with Crippen LogP contribution in [0.25, 0.3) is 0 Å². The van der Waals surface area contributed by atoms with Crippen molar-refractivity contribution in [2.75, 3.05) is 20.1 Å². The zero-order valence-electron chi connectivity index (χ0n) is 6.65. The Morgan fingerprint density at radius 3 is 2.40 bits per heavy atom. The second-order valence-electron chi connectivity index (χ2n) is 2.96. The van der Waals surface area contributed by atoms with E-state index in [1.807, 2.05) is 7.05 Å². The zero-order chi connectivity index (χ0) is 7.61. The lowest BCUT2D eigenvalue weighted by atomic mass is 9.87. The Balaban J connectivity index is 2.43. The predicted octanol–water partition coefficient (Wildman–Crippen LogP) is -0.681. The van der Waals surface area contributed by atoms with Crippen molar-refractivity contribution >= 4 is 0 Å². The van der Waals surface area contributed by atoms with Crippen LogP contribution in [0.4, 0.5) is 0 Å². The summed E-state index contributed by atoms with van der Waals surface area (Å²) in [6, 6.07) is 0.244. The lowest BCUT2D eigenvalue weighted by molar-refractivity contribution is -0.0419. The van der Waals surface area contributed by atoms with Gasteiger partial charge in [-0.25, -0.2) is 0 Å². The van der Waals surface area contributed by atoms with Crippen molar-refractivity contribution in [3.05, 3.63) is 0 Å². The highest BCUT2D eigenvalue weighted by Gasteiger charge is 2.40. The molecule has 0 aliphatic carbocycles. The first-order valence-corrected chi connectivity index (χ1v) is 3.83. The van der Waals surface area contributed by atoms with Gasteiger partial charge in [-0.3, -0.25) is 0 Å². The lowest BCUT2D eigenvalue weighted by Crippen LogP contribution is -2.68. The van der Waals surface area contributed by atoms with Crippen LogP contribution >= 0.6 is 0 Å². The van der Waals surface area contributed by atoms with Crippen LogP contribution in [0.3, 0.4) is 0 Å². The Bertz CT molecular complexity index is 108. The molecule has 3 nitrogen and oxygen atoms in total. The maximum atomic E-state index is 9.74. The van der Waals surface area contributed by atoms with Crippen LogP contribution in [0.2, 0.25) is 0 Å². The first-order chi connectivity index (χ1) is 4.73. The Morgan fingerprint density at radius 1 is 1.70 bits per heavy atom. The maximum absolute atomic E-state index is 9.74. The largest absolute Gasteiger partial charge is 0.386 e. The third-order valence-electron chi connectivity index (χ3n) is 2.27. The molecule has 0 aromatic rings. The van der Waals surface area contributed by atoms with Crippen molar-refractivity contribution in [3.63, 3.8) is 0 Å². The number of hydrogen-bond donors (Lipinski definition) is 3. The van der Waals surface area contributed by atoms with Crippen LogP contribution in [0, 0.1) is 0 Å². The second kappa shape index (κ2) is 2.86. The molecule has 0 spiro atoms. The summed E-state index contributed by atoms with van der Waals surface area (Å²) >= 11 is 0. The van der Waals surface area contributed by atoms with Crippen molar-refractivity contribution in [3.8, 4) is 0 Å². The van der Waals surface area contributed by atoms with E-state index >= 15 is 0 Å². The van der Waals surface area contributed by atoms with Gasteiger partial charge in [0.1, 0.15) is 5.60 Å². The van der Waals surface area contributed by atoms with Gasteiger partial charge >= 0.3 is 0 Å². The van der Waals surface area contributed by atoms with E-state index < -0.39 is 5.60 Å². The van der Waals surface area contributed by atoms with E-state index in [0.29, 0.717) is 0 Å². The number of aliphatic hydroxyl groups is 1. The number of β-amino-alcohol motifs (C(OH)–C–C–N with tert-alkyl or cyclic N) is 1. The summed E-state index contributed by atoms with van der Waals surface area (Å²) in [5, 5.41) is 15.9. The highest BCUT2D eigenvalue weighted by atomic mass is 16.3. The van der Waals surface area contributed by atoms with Crippen molar-refractivity contribution in [1.29, 1.82) is 0 Å². The van der Waals surface area contributed by atoms with Crippen LogP contribution in [0.15, 0.2) is 0 Å². The highest BCUT2D eigenvalue weighted by Crippen LogP contribution is 2.17. The number of likely N-dealkylation sites (N-methyl/N-ethyl adjacent to an activating group) is 1. The smallest absolute Gasteiger partial charge is 0.105 e. The Morgan fingerprint density at radius 2 is 2.30 bits per heavy atom. The Labute approximate surface area is 61.8 Å². The standard InChI is InChI=1S/C7H16N2O/c1-3-6(8-2)7(10)4-9-5-7/h6,8-10H,3-5H2,1-2H3/t6-/m0/s1. The molecule has 10 heavy (non-hydrogen) atoms. The average Bonchev–Trinajstić information content (AvgIpc) is 1.87. The van der Waals surface area contributed by atoms with Gasteiger partial charge in [0.15, 0.2) is 0 Å². The highest BCUT2D eigenvalue weighted by molar-refractivity contribution is 5.00. The molecule has 1 aliphatic heterocycles. The van der Waals surface area contributed by atoms with E-state index in [1.54, 1.807) is 0 Å². The molecule has 0 radical (unpaired) electrons. The minimum absolute atomic E-state index is 0.244. The van der Waals surface area contributed by atoms with Crippen molar-refractivity contribution in [1.82, 2.24) is 10.6 Å². The molecule has 1 heterocycles. The SMILES string of the molecule is CC[C@H](NC)C1(O)CNC1. The molecule has 1 aliphatic rings. The molecule has 1 saturated heterocycles. The van der Waals surface area contributed by atoms with E-state index in [1.165, 1.54) is 0 Å². The van der Waals surface area contributed by atoms with Gasteiger partial charge in [-0.2, -0.15) is 0 Å². The lowest BCUT2D eigenvalue weighted by Gasteiger charge is -2.43. The molecule has 0 amide bonds. The minimum Gasteiger partial charge on any atom is -0.386 e. The monoisotopic (exact) mass is 144 g/mol. The van der Waals surface area contributed by atoms with E-state index in [9.17, 15) is 5.11 Å². The molecule has 1 atom stereocenters. The van der Waals surface area contributed by atoms with Crippen molar-refractivity contribution in [2.45, 2.75) is 25.0 Å². The van der Waals surface area contributed by atoms with Gasteiger partial charge in [0.05, 0.1) is 0 Å². The van der Waals surface area contributed by atoms with Gasteiger partial charge in [-0.15, -0.1) is 0 Å². The Kier molecular flexibility index (Phi) is 2.28. The Hall–Kier alpha value is -0.120. The van der Waals surface area contributed by atoms with Gasteiger partial charge < -0.3 is 15.7 Å². The molecule has 3 heteroatoms. The number of nitrogens with one attached hydrogen (secondary N) is 2. The summed E-state index contributed by atoms with van der Waals surface area (Å²) < 4.78 is 0. The fraction of sp³-hybridized carbons (Fsp3) is 1.00. The third kappa shape index (κ3) is 1.17. The van der Waals surface area contributed by atoms with Gasteiger partial charge in [-0.1, -0.05) is 6.92 Å². The predicted molar refractivity (Wildman–Crippen MR) is 41.0 cm³/mol. The molecule has 0 bridgehead atoms. The van der Waals surface area contributed by atoms with Crippen molar-refractivity contribution < 1.29 is 5.11 Å². The van der Waals surface area contributed by atoms with Gasteiger partial charge in [0.25, 0.3) is 0 Å². The van der Waals surface area contributed by atoms with Crippen LogP contribution in [0.1, 0.15) is 13.3 Å². The topological polar surface area (TPSA) is 44.3 Å². The van der Waals surface area contributed by atoms with Crippen LogP contribution in [-0.4, -0.2) is 36.9 Å². The zero-order valence-corrected chi connectivity index (χ0v) is 6.65. The molecule has 0 unspecified atom stereocenters. The molecule has 60 valence electrons. The van der Waals surface area contributed by atoms with Crippen LogP contribution in [-0.2, 0) is 0 Å². The van der Waals surface area contributed by atoms with E-state index in [2.05, 4.69) is 17.6 Å². The molecular weight excluding hydrogens is 128 g/mol. The van der Waals surface area contributed by atoms with Crippen LogP contribution in [0.5, 0.6) is 0 Å². The summed E-state index contributed by atoms with van der Waals surface area (Å²) in [7, 11) is 1.89. The molecule has 1 rings (SSSR count). The summed E-state index contributed by atoms with van der Waals surface area (Å²) in [5.41, 5.74) is -0.483. The molecular formula is C7H16N2O. The quantitative estimate of drug-likeness (QED) is 0.491. The molecule has 0 aromatic carbocycles. The number of rotatable bonds is 3. The first-order valence-electron chi connectivity index (χ1n) is 3.83. The molecule has 1 fully saturated rings. The van der Waals surface area contributed by atoms with Gasteiger partial charge in [0.2, 0.25) is 0 Å². The number of hydrogen-bond acceptors (Lipinski definition) is 3. The van der Waals surface area contributed by atoms with E-state index in [-0.39, 0.29) is 6.04 Å². The maximum Gasteiger partial charge on any atom is 0.105 e. The second-order valence-corrected chi connectivity index (χ2v) is 2.96. The third-order valence-corrected chi connectivity index (χ3v) is 2.27. The average molecular weight is 144 g/mol. The summed E-state index contributed by atoms with van der Waals surface area (Å²) in [6.45, 7) is 3.54. The van der Waals surface area contributed by atoms with Crippen molar-refractivity contribution in [2.24, 2.45) is 0 Å². The van der Waals surface area contributed by atoms with Gasteiger partial charge in [0, 0.05) is 19.1 Å².